The van der Waals surface area contributed by atoms with Crippen LogP contribution in [0, 0.1) is 0 Å². The second kappa shape index (κ2) is 8.25. The van der Waals surface area contributed by atoms with Crippen LogP contribution in [0.15, 0.2) is 0 Å². The van der Waals surface area contributed by atoms with E-state index in [0.717, 1.165) is 6.04 Å². The third kappa shape index (κ3) is 4.97. The van der Waals surface area contributed by atoms with E-state index in [-0.39, 0.29) is 0 Å². The lowest BCUT2D eigenvalue weighted by atomic mass is 9.98. The average Bonchev–Trinajstić information content (AvgIpc) is 2.20. The highest BCUT2D eigenvalue weighted by atomic mass is 16.5. The molecule has 1 saturated heterocycles. The van der Waals surface area contributed by atoms with Crippen LogP contribution in [0.3, 0.4) is 0 Å². The van der Waals surface area contributed by atoms with Crippen molar-refractivity contribution in [3.8, 4) is 0 Å². The number of rotatable bonds is 2. The first-order chi connectivity index (χ1) is 6.69. The molecule has 1 aliphatic heterocycles. The van der Waals surface area contributed by atoms with Crippen molar-refractivity contribution in [1.82, 2.24) is 4.90 Å². The SMILES string of the molecule is CCC.CC[C@H]1C[C@@H](OC)CCN1C. The highest BCUT2D eigenvalue weighted by Crippen LogP contribution is 2.19. The third-order valence-corrected chi connectivity index (χ3v) is 2.77. The summed E-state index contributed by atoms with van der Waals surface area (Å²) in [7, 11) is 4.03. The normalized spacial score (nSPS) is 28.1. The van der Waals surface area contributed by atoms with Gasteiger partial charge in [-0.15, -0.1) is 0 Å². The fourth-order valence-corrected chi connectivity index (χ4v) is 1.82. The maximum Gasteiger partial charge on any atom is 0.0598 e. The number of ether oxygens (including phenoxy) is 1. The summed E-state index contributed by atoms with van der Waals surface area (Å²) in [4.78, 5) is 2.44. The Balaban J connectivity index is 0.000000500. The summed E-state index contributed by atoms with van der Waals surface area (Å²) in [5, 5.41) is 0. The third-order valence-electron chi connectivity index (χ3n) is 2.77. The van der Waals surface area contributed by atoms with Crippen LogP contribution in [0.25, 0.3) is 0 Å². The summed E-state index contributed by atoms with van der Waals surface area (Å²) in [5.74, 6) is 0. The molecule has 2 nitrogen and oxygen atoms in total. The van der Waals surface area contributed by atoms with Crippen molar-refractivity contribution in [3.05, 3.63) is 0 Å². The summed E-state index contributed by atoms with van der Waals surface area (Å²) >= 11 is 0. The van der Waals surface area contributed by atoms with Crippen molar-refractivity contribution in [2.45, 2.75) is 58.6 Å². The van der Waals surface area contributed by atoms with E-state index in [2.05, 4.69) is 32.7 Å². The Morgan fingerprint density at radius 3 is 2.29 bits per heavy atom. The van der Waals surface area contributed by atoms with Crippen molar-refractivity contribution in [1.29, 1.82) is 0 Å². The Morgan fingerprint density at radius 1 is 1.29 bits per heavy atom. The molecule has 86 valence electrons. The number of hydrogen-bond acceptors (Lipinski definition) is 2. The van der Waals surface area contributed by atoms with Gasteiger partial charge in [-0.3, -0.25) is 0 Å². The summed E-state index contributed by atoms with van der Waals surface area (Å²) in [5.41, 5.74) is 0. The zero-order chi connectivity index (χ0) is 11.0. The lowest BCUT2D eigenvalue weighted by molar-refractivity contribution is 0.0198. The Kier molecular flexibility index (Phi) is 8.20. The highest BCUT2D eigenvalue weighted by molar-refractivity contribution is 4.78. The molecule has 0 unspecified atom stereocenters. The number of likely N-dealkylation sites (tertiary alicyclic amines) is 1. The fourth-order valence-electron chi connectivity index (χ4n) is 1.82. The molecule has 1 rings (SSSR count). The van der Waals surface area contributed by atoms with E-state index in [1.807, 2.05) is 7.11 Å². The monoisotopic (exact) mass is 201 g/mol. The topological polar surface area (TPSA) is 12.5 Å². The molecule has 0 N–H and O–H groups in total. The lowest BCUT2D eigenvalue weighted by Gasteiger charge is -2.35. The molecule has 0 aromatic carbocycles. The van der Waals surface area contributed by atoms with Gasteiger partial charge in [-0.25, -0.2) is 0 Å². The van der Waals surface area contributed by atoms with E-state index in [1.165, 1.54) is 32.2 Å². The summed E-state index contributed by atoms with van der Waals surface area (Å²) in [6.07, 6.45) is 5.42. The summed E-state index contributed by atoms with van der Waals surface area (Å²) in [6, 6.07) is 0.744. The van der Waals surface area contributed by atoms with Gasteiger partial charge >= 0.3 is 0 Å². The molecule has 0 spiro atoms. The molecule has 0 aliphatic carbocycles. The minimum atomic E-state index is 0.510. The van der Waals surface area contributed by atoms with Gasteiger partial charge in [0.2, 0.25) is 0 Å². The van der Waals surface area contributed by atoms with E-state index in [9.17, 15) is 0 Å². The molecule has 0 amide bonds. The van der Waals surface area contributed by atoms with Gasteiger partial charge in [-0.05, 0) is 26.3 Å². The molecule has 0 bridgehead atoms. The van der Waals surface area contributed by atoms with E-state index in [0.29, 0.717) is 6.10 Å². The van der Waals surface area contributed by atoms with Crippen LogP contribution in [0.1, 0.15) is 46.5 Å². The second-order valence-electron chi connectivity index (χ2n) is 4.13. The molecule has 0 aromatic heterocycles. The van der Waals surface area contributed by atoms with Crippen LogP contribution in [0.2, 0.25) is 0 Å². The molecule has 0 saturated carbocycles. The predicted molar refractivity (Wildman–Crippen MR) is 62.7 cm³/mol. The molecule has 0 radical (unpaired) electrons. The number of hydrogen-bond donors (Lipinski definition) is 0. The van der Waals surface area contributed by atoms with E-state index >= 15 is 0 Å². The lowest BCUT2D eigenvalue weighted by Crippen LogP contribution is -2.41. The van der Waals surface area contributed by atoms with E-state index in [1.54, 1.807) is 0 Å². The molecule has 2 heteroatoms. The molecule has 2 atom stereocenters. The Labute approximate surface area is 89.6 Å². The van der Waals surface area contributed by atoms with Gasteiger partial charge < -0.3 is 9.64 Å². The number of nitrogens with zero attached hydrogens (tertiary/aromatic N) is 1. The van der Waals surface area contributed by atoms with Crippen LogP contribution in [-0.4, -0.2) is 37.7 Å². The maximum atomic E-state index is 5.34. The Morgan fingerprint density at radius 2 is 1.86 bits per heavy atom. The Bertz CT molecular complexity index is 127. The first-order valence-electron chi connectivity index (χ1n) is 5.92. The smallest absolute Gasteiger partial charge is 0.0598 e. The van der Waals surface area contributed by atoms with Gasteiger partial charge in [0.25, 0.3) is 0 Å². The van der Waals surface area contributed by atoms with Crippen LogP contribution in [0.4, 0.5) is 0 Å². The van der Waals surface area contributed by atoms with Gasteiger partial charge in [-0.1, -0.05) is 27.2 Å². The van der Waals surface area contributed by atoms with Gasteiger partial charge in [-0.2, -0.15) is 0 Å². The molecule has 14 heavy (non-hydrogen) atoms. The molecular formula is C12H27NO. The van der Waals surface area contributed by atoms with Crippen LogP contribution in [-0.2, 0) is 4.74 Å². The van der Waals surface area contributed by atoms with Crippen molar-refractivity contribution in [2.24, 2.45) is 0 Å². The van der Waals surface area contributed by atoms with E-state index < -0.39 is 0 Å². The van der Waals surface area contributed by atoms with Gasteiger partial charge in [0, 0.05) is 19.7 Å². The zero-order valence-electron chi connectivity index (χ0n) is 10.5. The van der Waals surface area contributed by atoms with Gasteiger partial charge in [0.1, 0.15) is 0 Å². The number of methoxy groups -OCH3 is 1. The largest absolute Gasteiger partial charge is 0.381 e. The highest BCUT2D eigenvalue weighted by Gasteiger charge is 2.23. The fraction of sp³-hybridized carbons (Fsp3) is 1.00. The van der Waals surface area contributed by atoms with Crippen molar-refractivity contribution < 1.29 is 4.74 Å². The molecule has 1 aliphatic rings. The molecule has 1 heterocycles. The Hall–Kier alpha value is -0.0800. The van der Waals surface area contributed by atoms with Crippen LogP contribution >= 0.6 is 0 Å². The first kappa shape index (κ1) is 13.9. The van der Waals surface area contributed by atoms with Gasteiger partial charge in [0.05, 0.1) is 6.10 Å². The first-order valence-corrected chi connectivity index (χ1v) is 5.92. The maximum absolute atomic E-state index is 5.34. The molecule has 0 aromatic rings. The predicted octanol–water partition coefficient (Wildman–Crippen LogP) is 2.92. The molecular weight excluding hydrogens is 174 g/mol. The minimum Gasteiger partial charge on any atom is -0.381 e. The van der Waals surface area contributed by atoms with Gasteiger partial charge in [0.15, 0.2) is 0 Å². The quantitative estimate of drug-likeness (QED) is 0.681. The van der Waals surface area contributed by atoms with Crippen LogP contribution in [0.5, 0.6) is 0 Å². The average molecular weight is 201 g/mol. The van der Waals surface area contributed by atoms with Crippen molar-refractivity contribution >= 4 is 0 Å². The zero-order valence-corrected chi connectivity index (χ0v) is 10.5. The van der Waals surface area contributed by atoms with Crippen molar-refractivity contribution in [3.63, 3.8) is 0 Å². The van der Waals surface area contributed by atoms with Crippen molar-refractivity contribution in [2.75, 3.05) is 20.7 Å². The summed E-state index contributed by atoms with van der Waals surface area (Å²) < 4.78 is 5.34. The minimum absolute atomic E-state index is 0.510. The standard InChI is InChI=1S/C9H19NO.C3H8/c1-4-8-7-9(11-3)5-6-10(8)2;1-3-2/h8-9H,4-7H2,1-3H3;3H2,1-2H3/t8-,9-;/m0./s1. The summed E-state index contributed by atoms with van der Waals surface area (Å²) in [6.45, 7) is 7.69. The van der Waals surface area contributed by atoms with Crippen LogP contribution < -0.4 is 0 Å². The van der Waals surface area contributed by atoms with E-state index in [4.69, 9.17) is 4.74 Å². The second-order valence-corrected chi connectivity index (χ2v) is 4.13. The number of piperidine rings is 1. The molecule has 1 fully saturated rings.